The molecule has 0 unspecified atom stereocenters. The summed E-state index contributed by atoms with van der Waals surface area (Å²) < 4.78 is 32.5. The van der Waals surface area contributed by atoms with Gasteiger partial charge in [0, 0.05) is 24.8 Å². The molecular weight excluding hydrogens is 388 g/mol. The SMILES string of the molecule is CCOCCCNC(=O)CN(c1ccccc1)S(=O)(=O)c1ccc(Cl)cc1. The van der Waals surface area contributed by atoms with Crippen molar-refractivity contribution < 1.29 is 17.9 Å². The molecule has 0 bridgehead atoms. The van der Waals surface area contributed by atoms with Gasteiger partial charge in [-0.05, 0) is 49.7 Å². The topological polar surface area (TPSA) is 75.7 Å². The van der Waals surface area contributed by atoms with Gasteiger partial charge in [-0.1, -0.05) is 29.8 Å². The first kappa shape index (κ1) is 21.2. The number of halogens is 1. The van der Waals surface area contributed by atoms with Gasteiger partial charge in [-0.25, -0.2) is 8.42 Å². The lowest BCUT2D eigenvalue weighted by Gasteiger charge is -2.24. The van der Waals surface area contributed by atoms with Gasteiger partial charge in [-0.2, -0.15) is 0 Å². The van der Waals surface area contributed by atoms with Crippen molar-refractivity contribution in [1.29, 1.82) is 0 Å². The fraction of sp³-hybridized carbons (Fsp3) is 0.316. The number of nitrogens with one attached hydrogen (secondary N) is 1. The fourth-order valence-electron chi connectivity index (χ4n) is 2.38. The molecule has 0 saturated carbocycles. The lowest BCUT2D eigenvalue weighted by molar-refractivity contribution is -0.119. The van der Waals surface area contributed by atoms with Gasteiger partial charge < -0.3 is 10.1 Å². The summed E-state index contributed by atoms with van der Waals surface area (Å²) in [7, 11) is -3.92. The van der Waals surface area contributed by atoms with Gasteiger partial charge in [0.05, 0.1) is 10.6 Å². The Morgan fingerprint density at radius 1 is 1.11 bits per heavy atom. The smallest absolute Gasteiger partial charge is 0.264 e. The van der Waals surface area contributed by atoms with E-state index in [-0.39, 0.29) is 17.3 Å². The number of benzene rings is 2. The molecule has 8 heteroatoms. The third kappa shape index (κ3) is 6.23. The van der Waals surface area contributed by atoms with E-state index < -0.39 is 10.0 Å². The molecular formula is C19H23ClN2O4S. The highest BCUT2D eigenvalue weighted by Crippen LogP contribution is 2.24. The van der Waals surface area contributed by atoms with Crippen molar-refractivity contribution in [3.8, 4) is 0 Å². The molecule has 0 aliphatic carbocycles. The van der Waals surface area contributed by atoms with Gasteiger partial charge in [0.25, 0.3) is 10.0 Å². The highest BCUT2D eigenvalue weighted by atomic mass is 35.5. The van der Waals surface area contributed by atoms with Crippen molar-refractivity contribution in [2.75, 3.05) is 30.6 Å². The Labute approximate surface area is 165 Å². The largest absolute Gasteiger partial charge is 0.382 e. The maximum Gasteiger partial charge on any atom is 0.264 e. The second kappa shape index (κ2) is 10.3. The number of para-hydroxylation sites is 1. The average Bonchev–Trinajstić information content (AvgIpc) is 2.67. The molecule has 0 radical (unpaired) electrons. The lowest BCUT2D eigenvalue weighted by Crippen LogP contribution is -2.41. The van der Waals surface area contributed by atoms with Gasteiger partial charge in [-0.15, -0.1) is 0 Å². The summed E-state index contributed by atoms with van der Waals surface area (Å²) >= 11 is 5.85. The summed E-state index contributed by atoms with van der Waals surface area (Å²) in [5, 5.41) is 3.17. The number of ether oxygens (including phenoxy) is 1. The zero-order chi connectivity index (χ0) is 19.7. The van der Waals surface area contributed by atoms with Crippen LogP contribution in [0.5, 0.6) is 0 Å². The summed E-state index contributed by atoms with van der Waals surface area (Å²) in [6, 6.07) is 14.4. The van der Waals surface area contributed by atoms with E-state index in [0.29, 0.717) is 36.9 Å². The molecule has 0 aromatic heterocycles. The van der Waals surface area contributed by atoms with Gasteiger partial charge >= 0.3 is 0 Å². The van der Waals surface area contributed by atoms with Crippen molar-refractivity contribution in [2.45, 2.75) is 18.2 Å². The van der Waals surface area contributed by atoms with Crippen molar-refractivity contribution >= 4 is 33.2 Å². The predicted molar refractivity (Wildman–Crippen MR) is 107 cm³/mol. The Morgan fingerprint density at radius 2 is 1.78 bits per heavy atom. The molecule has 0 spiro atoms. The number of carbonyl (C=O) groups is 1. The predicted octanol–water partition coefficient (Wildman–Crippen LogP) is 3.08. The van der Waals surface area contributed by atoms with Gasteiger partial charge in [0.1, 0.15) is 6.54 Å². The first-order valence-electron chi connectivity index (χ1n) is 8.63. The number of anilines is 1. The molecule has 0 heterocycles. The minimum Gasteiger partial charge on any atom is -0.382 e. The number of carbonyl (C=O) groups excluding carboxylic acids is 1. The van der Waals surface area contributed by atoms with Gasteiger partial charge in [-0.3, -0.25) is 9.10 Å². The van der Waals surface area contributed by atoms with Crippen LogP contribution in [0.1, 0.15) is 13.3 Å². The molecule has 0 aliphatic rings. The Hall–Kier alpha value is -2.09. The fourth-order valence-corrected chi connectivity index (χ4v) is 3.92. The quantitative estimate of drug-likeness (QED) is 0.611. The van der Waals surface area contributed by atoms with Crippen LogP contribution in [0, 0.1) is 0 Å². The molecule has 2 aromatic rings. The standard InChI is InChI=1S/C19H23ClN2O4S/c1-2-26-14-6-13-21-19(23)15-22(17-7-4-3-5-8-17)27(24,25)18-11-9-16(20)10-12-18/h3-5,7-12H,2,6,13-15H2,1H3,(H,21,23). The van der Waals surface area contributed by atoms with Crippen LogP contribution in [0.15, 0.2) is 59.5 Å². The van der Waals surface area contributed by atoms with Crippen molar-refractivity contribution in [3.05, 3.63) is 59.6 Å². The van der Waals surface area contributed by atoms with Crippen LogP contribution in [-0.2, 0) is 19.6 Å². The third-order valence-electron chi connectivity index (χ3n) is 3.72. The van der Waals surface area contributed by atoms with E-state index in [4.69, 9.17) is 16.3 Å². The van der Waals surface area contributed by atoms with Crippen molar-refractivity contribution in [1.82, 2.24) is 5.32 Å². The van der Waals surface area contributed by atoms with Crippen LogP contribution in [0.2, 0.25) is 5.02 Å². The minimum atomic E-state index is -3.92. The number of rotatable bonds is 10. The van der Waals surface area contributed by atoms with E-state index in [1.807, 2.05) is 6.92 Å². The maximum atomic E-state index is 13.1. The van der Waals surface area contributed by atoms with Crippen LogP contribution < -0.4 is 9.62 Å². The van der Waals surface area contributed by atoms with E-state index in [0.717, 1.165) is 4.31 Å². The number of sulfonamides is 1. The van der Waals surface area contributed by atoms with Crippen LogP contribution >= 0.6 is 11.6 Å². The highest BCUT2D eigenvalue weighted by molar-refractivity contribution is 7.92. The zero-order valence-corrected chi connectivity index (χ0v) is 16.7. The molecule has 2 aromatic carbocycles. The van der Waals surface area contributed by atoms with Crippen LogP contribution in [0.3, 0.4) is 0 Å². The molecule has 0 saturated heterocycles. The van der Waals surface area contributed by atoms with E-state index in [2.05, 4.69) is 5.32 Å². The first-order chi connectivity index (χ1) is 12.9. The molecule has 6 nitrogen and oxygen atoms in total. The molecule has 1 N–H and O–H groups in total. The maximum absolute atomic E-state index is 13.1. The summed E-state index contributed by atoms with van der Waals surface area (Å²) in [6.45, 7) is 3.17. The number of nitrogens with zero attached hydrogens (tertiary/aromatic N) is 1. The Morgan fingerprint density at radius 3 is 2.41 bits per heavy atom. The Kier molecular flexibility index (Phi) is 8.09. The summed E-state index contributed by atoms with van der Waals surface area (Å²) in [4.78, 5) is 12.4. The number of amides is 1. The van der Waals surface area contributed by atoms with E-state index in [9.17, 15) is 13.2 Å². The summed E-state index contributed by atoms with van der Waals surface area (Å²) in [5.41, 5.74) is 0.414. The normalized spacial score (nSPS) is 11.2. The molecule has 1 amide bonds. The lowest BCUT2D eigenvalue weighted by atomic mass is 10.3. The molecule has 146 valence electrons. The van der Waals surface area contributed by atoms with E-state index in [1.165, 1.54) is 24.3 Å². The molecule has 0 atom stereocenters. The van der Waals surface area contributed by atoms with Crippen LogP contribution in [0.25, 0.3) is 0 Å². The van der Waals surface area contributed by atoms with Gasteiger partial charge in [0.15, 0.2) is 0 Å². The minimum absolute atomic E-state index is 0.0694. The zero-order valence-electron chi connectivity index (χ0n) is 15.1. The van der Waals surface area contributed by atoms with E-state index >= 15 is 0 Å². The number of hydrogen-bond donors (Lipinski definition) is 1. The number of hydrogen-bond acceptors (Lipinski definition) is 4. The van der Waals surface area contributed by atoms with Crippen LogP contribution in [0.4, 0.5) is 5.69 Å². The molecule has 0 aliphatic heterocycles. The molecule has 2 rings (SSSR count). The Balaban J connectivity index is 2.17. The molecule has 27 heavy (non-hydrogen) atoms. The average molecular weight is 411 g/mol. The first-order valence-corrected chi connectivity index (χ1v) is 10.4. The van der Waals surface area contributed by atoms with E-state index in [1.54, 1.807) is 30.3 Å². The molecule has 0 fully saturated rings. The monoisotopic (exact) mass is 410 g/mol. The second-order valence-corrected chi connectivity index (χ2v) is 8.00. The Bertz CT molecular complexity index is 827. The van der Waals surface area contributed by atoms with Crippen molar-refractivity contribution in [2.24, 2.45) is 0 Å². The van der Waals surface area contributed by atoms with Crippen molar-refractivity contribution in [3.63, 3.8) is 0 Å². The second-order valence-electron chi connectivity index (χ2n) is 5.70. The highest BCUT2D eigenvalue weighted by Gasteiger charge is 2.26. The van der Waals surface area contributed by atoms with Gasteiger partial charge in [0.2, 0.25) is 5.91 Å². The van der Waals surface area contributed by atoms with Crippen LogP contribution in [-0.4, -0.2) is 40.6 Å². The summed E-state index contributed by atoms with van der Waals surface area (Å²) in [5.74, 6) is -0.382. The summed E-state index contributed by atoms with van der Waals surface area (Å²) in [6.07, 6.45) is 0.662. The third-order valence-corrected chi connectivity index (χ3v) is 5.76.